The number of anilines is 1. The van der Waals surface area contributed by atoms with Crippen LogP contribution in [0.25, 0.3) is 0 Å². The van der Waals surface area contributed by atoms with Crippen molar-refractivity contribution in [3.05, 3.63) is 70.7 Å². The number of benzene rings is 1. The number of fused-ring (bicyclic) bond motifs is 1. The van der Waals surface area contributed by atoms with Crippen LogP contribution in [-0.4, -0.2) is 29.2 Å². The standard InChI is InChI=1S/C19H19N3O2S/c1-24-15-8-6-14(7-9-15)20-19(23)22-12-11-21-10-2-4-16(21)18(22)17-5-3-13-25-17/h2-10,13,18H,11-12H2,1H3,(H,20,23)/t18-/m1/s1. The average molecular weight is 353 g/mol. The minimum Gasteiger partial charge on any atom is -0.497 e. The van der Waals surface area contributed by atoms with Gasteiger partial charge in [0.05, 0.1) is 7.11 Å². The number of hydrogen-bond acceptors (Lipinski definition) is 3. The Labute approximate surface area is 150 Å². The molecule has 1 aliphatic rings. The average Bonchev–Trinajstić information content (AvgIpc) is 3.33. The lowest BCUT2D eigenvalue weighted by Crippen LogP contribution is -2.44. The van der Waals surface area contributed by atoms with Crippen LogP contribution in [0.2, 0.25) is 0 Å². The fraction of sp³-hybridized carbons (Fsp3) is 0.211. The number of thiophene rings is 1. The Morgan fingerprint density at radius 1 is 1.16 bits per heavy atom. The Morgan fingerprint density at radius 2 is 2.00 bits per heavy atom. The zero-order valence-electron chi connectivity index (χ0n) is 13.9. The number of hydrogen-bond donors (Lipinski definition) is 1. The molecule has 6 heteroatoms. The van der Waals surface area contributed by atoms with Crippen molar-refractivity contribution >= 4 is 23.1 Å². The summed E-state index contributed by atoms with van der Waals surface area (Å²) in [5.74, 6) is 0.769. The maximum absolute atomic E-state index is 12.9. The highest BCUT2D eigenvalue weighted by molar-refractivity contribution is 7.10. The predicted molar refractivity (Wildman–Crippen MR) is 99.3 cm³/mol. The molecule has 1 atom stereocenters. The van der Waals surface area contributed by atoms with Gasteiger partial charge in [-0.2, -0.15) is 0 Å². The van der Waals surface area contributed by atoms with Gasteiger partial charge in [0.2, 0.25) is 0 Å². The molecular formula is C19H19N3O2S. The molecule has 2 amide bonds. The monoisotopic (exact) mass is 353 g/mol. The van der Waals surface area contributed by atoms with E-state index in [9.17, 15) is 4.79 Å². The molecule has 0 aliphatic carbocycles. The molecule has 0 bridgehead atoms. The molecular weight excluding hydrogens is 334 g/mol. The Morgan fingerprint density at radius 3 is 2.72 bits per heavy atom. The summed E-state index contributed by atoms with van der Waals surface area (Å²) in [5, 5.41) is 5.06. The number of nitrogens with one attached hydrogen (secondary N) is 1. The van der Waals surface area contributed by atoms with Crippen LogP contribution in [0.5, 0.6) is 5.75 Å². The second-order valence-electron chi connectivity index (χ2n) is 5.90. The topological polar surface area (TPSA) is 46.5 Å². The summed E-state index contributed by atoms with van der Waals surface area (Å²) >= 11 is 1.68. The maximum Gasteiger partial charge on any atom is 0.322 e. The summed E-state index contributed by atoms with van der Waals surface area (Å²) in [6.07, 6.45) is 2.08. The SMILES string of the molecule is COc1ccc(NC(=O)N2CCn3cccc3[C@@H]2c2cccs2)cc1. The van der Waals surface area contributed by atoms with Crippen LogP contribution in [0, 0.1) is 0 Å². The lowest BCUT2D eigenvalue weighted by Gasteiger charge is -2.36. The summed E-state index contributed by atoms with van der Waals surface area (Å²) in [6, 6.07) is 15.5. The van der Waals surface area contributed by atoms with Gasteiger partial charge in [0.15, 0.2) is 0 Å². The molecule has 1 aromatic carbocycles. The Bertz CT molecular complexity index is 855. The molecule has 2 aromatic heterocycles. The molecule has 0 spiro atoms. The fourth-order valence-corrected chi connectivity index (χ4v) is 4.07. The second kappa shape index (κ2) is 6.64. The molecule has 4 rings (SSSR count). The van der Waals surface area contributed by atoms with Gasteiger partial charge in [-0.25, -0.2) is 4.79 Å². The number of rotatable bonds is 3. The zero-order valence-corrected chi connectivity index (χ0v) is 14.7. The van der Waals surface area contributed by atoms with Crippen molar-refractivity contribution in [2.45, 2.75) is 12.6 Å². The van der Waals surface area contributed by atoms with Gasteiger partial charge >= 0.3 is 6.03 Å². The minimum atomic E-state index is -0.0870. The first-order valence-corrected chi connectivity index (χ1v) is 9.04. The summed E-state index contributed by atoms with van der Waals surface area (Å²) in [7, 11) is 1.63. The summed E-state index contributed by atoms with van der Waals surface area (Å²) in [4.78, 5) is 16.0. The molecule has 0 saturated heterocycles. The highest BCUT2D eigenvalue weighted by Crippen LogP contribution is 2.35. The van der Waals surface area contributed by atoms with E-state index in [4.69, 9.17) is 4.74 Å². The van der Waals surface area contributed by atoms with Crippen molar-refractivity contribution < 1.29 is 9.53 Å². The Hall–Kier alpha value is -2.73. The van der Waals surface area contributed by atoms with E-state index in [1.165, 1.54) is 4.88 Å². The number of carbonyl (C=O) groups is 1. The van der Waals surface area contributed by atoms with Crippen molar-refractivity contribution in [3.63, 3.8) is 0 Å². The van der Waals surface area contributed by atoms with E-state index in [0.717, 1.165) is 23.7 Å². The highest BCUT2D eigenvalue weighted by Gasteiger charge is 2.32. The normalized spacial score (nSPS) is 16.4. The molecule has 0 fully saturated rings. The van der Waals surface area contributed by atoms with Gasteiger partial charge in [0, 0.05) is 35.5 Å². The Kier molecular flexibility index (Phi) is 4.19. The second-order valence-corrected chi connectivity index (χ2v) is 6.88. The van der Waals surface area contributed by atoms with Crippen molar-refractivity contribution in [2.24, 2.45) is 0 Å². The largest absolute Gasteiger partial charge is 0.497 e. The molecule has 0 radical (unpaired) electrons. The van der Waals surface area contributed by atoms with Gasteiger partial charge in [-0.1, -0.05) is 6.07 Å². The quantitative estimate of drug-likeness (QED) is 0.767. The first kappa shape index (κ1) is 15.8. The summed E-state index contributed by atoms with van der Waals surface area (Å²) in [6.45, 7) is 1.48. The highest BCUT2D eigenvalue weighted by atomic mass is 32.1. The van der Waals surface area contributed by atoms with Crippen LogP contribution in [0.3, 0.4) is 0 Å². The third-order valence-electron chi connectivity index (χ3n) is 4.45. The van der Waals surface area contributed by atoms with E-state index in [1.807, 2.05) is 41.3 Å². The van der Waals surface area contributed by atoms with Gasteiger partial charge in [0.25, 0.3) is 0 Å². The van der Waals surface area contributed by atoms with E-state index in [-0.39, 0.29) is 12.1 Å². The van der Waals surface area contributed by atoms with Crippen LogP contribution in [0.15, 0.2) is 60.1 Å². The number of amides is 2. The van der Waals surface area contributed by atoms with Crippen LogP contribution in [0.4, 0.5) is 10.5 Å². The van der Waals surface area contributed by atoms with Crippen LogP contribution >= 0.6 is 11.3 Å². The number of urea groups is 1. The van der Waals surface area contributed by atoms with E-state index in [2.05, 4.69) is 33.6 Å². The third kappa shape index (κ3) is 3.00. The molecule has 3 aromatic rings. The number of aromatic nitrogens is 1. The van der Waals surface area contributed by atoms with Crippen molar-refractivity contribution in [1.82, 2.24) is 9.47 Å². The number of carbonyl (C=O) groups excluding carboxylic acids is 1. The molecule has 0 saturated carbocycles. The maximum atomic E-state index is 12.9. The van der Waals surface area contributed by atoms with Crippen LogP contribution in [0.1, 0.15) is 16.6 Å². The van der Waals surface area contributed by atoms with Crippen LogP contribution < -0.4 is 10.1 Å². The van der Waals surface area contributed by atoms with Gasteiger partial charge in [0.1, 0.15) is 11.8 Å². The molecule has 3 heterocycles. The van der Waals surface area contributed by atoms with Crippen LogP contribution in [-0.2, 0) is 6.54 Å². The first-order chi connectivity index (χ1) is 12.3. The summed E-state index contributed by atoms with van der Waals surface area (Å²) < 4.78 is 7.39. The van der Waals surface area contributed by atoms with Crippen molar-refractivity contribution in [3.8, 4) is 5.75 Å². The molecule has 1 N–H and O–H groups in total. The van der Waals surface area contributed by atoms with Gasteiger partial charge in [-0.3, -0.25) is 0 Å². The molecule has 25 heavy (non-hydrogen) atoms. The van der Waals surface area contributed by atoms with E-state index >= 15 is 0 Å². The van der Waals surface area contributed by atoms with Gasteiger partial charge in [-0.05, 0) is 47.8 Å². The van der Waals surface area contributed by atoms with Crippen molar-refractivity contribution in [1.29, 1.82) is 0 Å². The third-order valence-corrected chi connectivity index (χ3v) is 5.38. The number of ether oxygens (including phenoxy) is 1. The summed E-state index contributed by atoms with van der Waals surface area (Å²) in [5.41, 5.74) is 1.91. The predicted octanol–water partition coefficient (Wildman–Crippen LogP) is 4.20. The number of nitrogens with zero attached hydrogens (tertiary/aromatic N) is 2. The smallest absolute Gasteiger partial charge is 0.322 e. The van der Waals surface area contributed by atoms with Crippen molar-refractivity contribution in [2.75, 3.05) is 19.0 Å². The fourth-order valence-electron chi connectivity index (χ4n) is 3.22. The lowest BCUT2D eigenvalue weighted by molar-refractivity contribution is 0.183. The molecule has 128 valence electrons. The van der Waals surface area contributed by atoms with Gasteiger partial charge in [-0.15, -0.1) is 11.3 Å². The zero-order chi connectivity index (χ0) is 17.2. The molecule has 1 aliphatic heterocycles. The van der Waals surface area contributed by atoms with E-state index < -0.39 is 0 Å². The van der Waals surface area contributed by atoms with E-state index in [0.29, 0.717) is 6.54 Å². The molecule has 0 unspecified atom stereocenters. The van der Waals surface area contributed by atoms with Gasteiger partial charge < -0.3 is 19.5 Å². The minimum absolute atomic E-state index is 0.0537. The first-order valence-electron chi connectivity index (χ1n) is 8.16. The Balaban J connectivity index is 1.60. The number of methoxy groups -OCH3 is 1. The lowest BCUT2D eigenvalue weighted by atomic mass is 10.1. The van der Waals surface area contributed by atoms with E-state index in [1.54, 1.807) is 18.4 Å². The molecule has 5 nitrogen and oxygen atoms in total.